The number of amides is 2. The van der Waals surface area contributed by atoms with E-state index in [1.165, 1.54) is 0 Å². The highest BCUT2D eigenvalue weighted by atomic mass is 16.3. The average molecular weight is 294 g/mol. The number of phenols is 1. The molecule has 0 radical (unpaired) electrons. The van der Waals surface area contributed by atoms with E-state index in [4.69, 9.17) is 5.73 Å². The molecule has 0 fully saturated rings. The van der Waals surface area contributed by atoms with Crippen LogP contribution in [-0.4, -0.2) is 29.0 Å². The topological polar surface area (TPSA) is 120 Å². The van der Waals surface area contributed by atoms with Crippen molar-refractivity contribution in [3.8, 4) is 5.75 Å². The van der Waals surface area contributed by atoms with Crippen LogP contribution in [0.1, 0.15) is 25.8 Å². The van der Waals surface area contributed by atoms with Gasteiger partial charge in [0.2, 0.25) is 5.91 Å². The van der Waals surface area contributed by atoms with Crippen molar-refractivity contribution in [2.75, 3.05) is 0 Å². The molecule has 2 amide bonds. The van der Waals surface area contributed by atoms with Gasteiger partial charge in [0, 0.05) is 6.42 Å². The summed E-state index contributed by atoms with van der Waals surface area (Å²) in [6, 6.07) is 5.40. The van der Waals surface area contributed by atoms with E-state index in [-0.39, 0.29) is 17.6 Å². The van der Waals surface area contributed by atoms with Crippen LogP contribution in [0.25, 0.3) is 0 Å². The van der Waals surface area contributed by atoms with Gasteiger partial charge in [-0.25, -0.2) is 0 Å². The fraction of sp³-hybridized carbons (Fsp3) is 0.467. The van der Waals surface area contributed by atoms with Crippen LogP contribution in [0.4, 0.5) is 0 Å². The lowest BCUT2D eigenvalue weighted by atomic mass is 10.0. The molecule has 1 aromatic rings. The van der Waals surface area contributed by atoms with E-state index in [1.807, 2.05) is 13.8 Å². The van der Waals surface area contributed by atoms with E-state index >= 15 is 0 Å². The Morgan fingerprint density at radius 3 is 2.33 bits per heavy atom. The van der Waals surface area contributed by atoms with E-state index in [0.717, 1.165) is 5.56 Å². The molecule has 0 aliphatic rings. The van der Waals surface area contributed by atoms with Crippen LogP contribution in [-0.2, 0) is 16.0 Å². The Labute approximate surface area is 124 Å². The van der Waals surface area contributed by atoms with Crippen LogP contribution in [0.3, 0.4) is 0 Å². The molecule has 7 N–H and O–H groups in total. The fourth-order valence-corrected chi connectivity index (χ4v) is 2.02. The SMILES string of the molecule is CC(C)C[C@H](NC(=O)[C@@H]([NH3+])Cc1ccc(O)cc1)C(N)=O. The number of benzene rings is 1. The number of nitrogens with one attached hydrogen (secondary N) is 1. The van der Waals surface area contributed by atoms with Gasteiger partial charge in [-0.2, -0.15) is 0 Å². The minimum Gasteiger partial charge on any atom is -0.508 e. The first kappa shape index (κ1) is 17.0. The lowest BCUT2D eigenvalue weighted by Crippen LogP contribution is -2.69. The van der Waals surface area contributed by atoms with Crippen molar-refractivity contribution >= 4 is 11.8 Å². The minimum absolute atomic E-state index is 0.175. The van der Waals surface area contributed by atoms with Crippen LogP contribution in [0.2, 0.25) is 0 Å². The molecule has 0 unspecified atom stereocenters. The van der Waals surface area contributed by atoms with Crippen molar-refractivity contribution in [1.82, 2.24) is 5.32 Å². The highest BCUT2D eigenvalue weighted by Crippen LogP contribution is 2.11. The molecule has 0 saturated heterocycles. The molecular formula is C15H24N3O3+. The third-order valence-electron chi connectivity index (χ3n) is 3.16. The van der Waals surface area contributed by atoms with E-state index in [9.17, 15) is 14.7 Å². The first-order chi connectivity index (χ1) is 9.79. The van der Waals surface area contributed by atoms with Gasteiger partial charge < -0.3 is 21.9 Å². The molecule has 21 heavy (non-hydrogen) atoms. The number of hydrogen-bond acceptors (Lipinski definition) is 3. The van der Waals surface area contributed by atoms with Crippen LogP contribution in [0.5, 0.6) is 5.75 Å². The summed E-state index contributed by atoms with van der Waals surface area (Å²) in [6.07, 6.45) is 0.937. The van der Waals surface area contributed by atoms with Gasteiger partial charge in [-0.05, 0) is 30.0 Å². The number of quaternary nitrogens is 1. The summed E-state index contributed by atoms with van der Waals surface area (Å²) in [7, 11) is 0. The second-order valence-electron chi connectivity index (χ2n) is 5.66. The van der Waals surface area contributed by atoms with E-state index < -0.39 is 18.0 Å². The van der Waals surface area contributed by atoms with Crippen molar-refractivity contribution in [3.05, 3.63) is 29.8 Å². The lowest BCUT2D eigenvalue weighted by Gasteiger charge is -2.18. The average Bonchev–Trinajstić information content (AvgIpc) is 2.39. The lowest BCUT2D eigenvalue weighted by molar-refractivity contribution is -0.403. The summed E-state index contributed by atoms with van der Waals surface area (Å²) >= 11 is 0. The first-order valence-corrected chi connectivity index (χ1v) is 7.00. The summed E-state index contributed by atoms with van der Waals surface area (Å²) < 4.78 is 0. The van der Waals surface area contributed by atoms with Gasteiger partial charge in [-0.1, -0.05) is 26.0 Å². The standard InChI is InChI=1S/C15H23N3O3/c1-9(2)7-13(14(17)20)18-15(21)12(16)8-10-3-5-11(19)6-4-10/h3-6,9,12-13,19H,7-8,16H2,1-2H3,(H2,17,20)(H,18,21)/p+1/t12-,13-/m0/s1. The number of carbonyl (C=O) groups excluding carboxylic acids is 2. The Morgan fingerprint density at radius 1 is 1.29 bits per heavy atom. The highest BCUT2D eigenvalue weighted by Gasteiger charge is 2.24. The maximum absolute atomic E-state index is 12.1. The Bertz CT molecular complexity index is 485. The molecule has 0 spiro atoms. The van der Waals surface area contributed by atoms with Gasteiger partial charge in [-0.3, -0.25) is 9.59 Å². The minimum atomic E-state index is -0.665. The number of primary amides is 1. The number of rotatable bonds is 7. The summed E-state index contributed by atoms with van der Waals surface area (Å²) in [6.45, 7) is 3.92. The smallest absolute Gasteiger partial charge is 0.279 e. The monoisotopic (exact) mass is 294 g/mol. The number of aromatic hydroxyl groups is 1. The Balaban J connectivity index is 2.60. The second kappa shape index (κ2) is 7.64. The molecular weight excluding hydrogens is 270 g/mol. The summed E-state index contributed by atoms with van der Waals surface area (Å²) in [5, 5.41) is 11.9. The molecule has 116 valence electrons. The molecule has 6 heteroatoms. The van der Waals surface area contributed by atoms with E-state index in [2.05, 4.69) is 11.1 Å². The third kappa shape index (κ3) is 5.83. The Hall–Kier alpha value is -2.08. The van der Waals surface area contributed by atoms with E-state index in [1.54, 1.807) is 24.3 Å². The zero-order chi connectivity index (χ0) is 16.0. The maximum atomic E-state index is 12.1. The molecule has 1 aromatic carbocycles. The number of hydrogen-bond donors (Lipinski definition) is 4. The molecule has 0 aliphatic carbocycles. The number of carbonyl (C=O) groups is 2. The van der Waals surface area contributed by atoms with Crippen LogP contribution < -0.4 is 16.8 Å². The largest absolute Gasteiger partial charge is 0.508 e. The van der Waals surface area contributed by atoms with Gasteiger partial charge >= 0.3 is 0 Å². The molecule has 6 nitrogen and oxygen atoms in total. The van der Waals surface area contributed by atoms with Gasteiger partial charge in [0.15, 0.2) is 6.04 Å². The molecule has 0 aliphatic heterocycles. The zero-order valence-corrected chi connectivity index (χ0v) is 12.5. The first-order valence-electron chi connectivity index (χ1n) is 7.00. The summed E-state index contributed by atoms with van der Waals surface area (Å²) in [4.78, 5) is 23.4. The molecule has 0 aromatic heterocycles. The van der Waals surface area contributed by atoms with Gasteiger partial charge in [0.1, 0.15) is 11.8 Å². The second-order valence-corrected chi connectivity index (χ2v) is 5.66. The third-order valence-corrected chi connectivity index (χ3v) is 3.16. The maximum Gasteiger partial charge on any atom is 0.279 e. The van der Waals surface area contributed by atoms with Gasteiger partial charge in [0.25, 0.3) is 5.91 Å². The Kier molecular flexibility index (Phi) is 6.17. The van der Waals surface area contributed by atoms with Crippen LogP contribution in [0, 0.1) is 5.92 Å². The van der Waals surface area contributed by atoms with E-state index in [0.29, 0.717) is 12.8 Å². The predicted octanol–water partition coefficient (Wildman–Crippen LogP) is -0.439. The van der Waals surface area contributed by atoms with Crippen molar-refractivity contribution < 1.29 is 20.4 Å². The van der Waals surface area contributed by atoms with Crippen LogP contribution in [0.15, 0.2) is 24.3 Å². The zero-order valence-electron chi connectivity index (χ0n) is 12.5. The fourth-order valence-electron chi connectivity index (χ4n) is 2.02. The summed E-state index contributed by atoms with van der Waals surface area (Å²) in [5.41, 5.74) is 10.0. The number of nitrogens with two attached hydrogens (primary N) is 1. The molecule has 0 bridgehead atoms. The van der Waals surface area contributed by atoms with Crippen molar-refractivity contribution in [2.45, 2.75) is 38.8 Å². The van der Waals surface area contributed by atoms with Gasteiger partial charge in [0.05, 0.1) is 0 Å². The van der Waals surface area contributed by atoms with Crippen molar-refractivity contribution in [2.24, 2.45) is 11.7 Å². The van der Waals surface area contributed by atoms with Crippen LogP contribution >= 0.6 is 0 Å². The molecule has 2 atom stereocenters. The molecule has 0 saturated carbocycles. The quantitative estimate of drug-likeness (QED) is 0.545. The molecule has 0 heterocycles. The van der Waals surface area contributed by atoms with Crippen molar-refractivity contribution in [1.29, 1.82) is 0 Å². The van der Waals surface area contributed by atoms with Gasteiger partial charge in [-0.15, -0.1) is 0 Å². The highest BCUT2D eigenvalue weighted by molar-refractivity contribution is 5.88. The normalized spacial score (nSPS) is 13.7. The number of phenolic OH excluding ortho intramolecular Hbond substituents is 1. The summed E-state index contributed by atoms with van der Waals surface area (Å²) in [5.74, 6) is -0.404. The van der Waals surface area contributed by atoms with Crippen molar-refractivity contribution in [3.63, 3.8) is 0 Å². The predicted molar refractivity (Wildman–Crippen MR) is 79.1 cm³/mol. The molecule has 1 rings (SSSR count). The Morgan fingerprint density at radius 2 is 1.86 bits per heavy atom.